The molecule has 0 bridgehead atoms. The monoisotopic (exact) mass is 448 g/mol. The van der Waals surface area contributed by atoms with Crippen molar-refractivity contribution in [2.75, 3.05) is 31.0 Å². The zero-order valence-electron chi connectivity index (χ0n) is 19.0. The lowest BCUT2D eigenvalue weighted by atomic mass is 10.2. The highest BCUT2D eigenvalue weighted by molar-refractivity contribution is 6.02. The molecule has 0 atom stereocenters. The summed E-state index contributed by atoms with van der Waals surface area (Å²) < 4.78 is 10.8. The maximum atomic E-state index is 12.8. The van der Waals surface area contributed by atoms with E-state index in [2.05, 4.69) is 45.0 Å². The number of urea groups is 1. The van der Waals surface area contributed by atoms with E-state index in [9.17, 15) is 4.79 Å². The minimum absolute atomic E-state index is 0.292. The first kappa shape index (κ1) is 22.3. The zero-order chi connectivity index (χ0) is 23.2. The number of rotatable bonds is 9. The van der Waals surface area contributed by atoms with Crippen molar-refractivity contribution in [3.05, 3.63) is 59.8 Å². The molecule has 172 valence electrons. The van der Waals surface area contributed by atoms with Crippen LogP contribution in [0.2, 0.25) is 0 Å². The number of aromatic nitrogens is 2. The van der Waals surface area contributed by atoms with Gasteiger partial charge in [-0.1, -0.05) is 19.1 Å². The van der Waals surface area contributed by atoms with Gasteiger partial charge in [0.1, 0.15) is 11.5 Å². The number of hydrogen-bond acceptors (Lipinski definition) is 7. The van der Waals surface area contributed by atoms with Gasteiger partial charge in [-0.15, -0.1) is 0 Å². The van der Waals surface area contributed by atoms with Gasteiger partial charge in [0.15, 0.2) is 5.82 Å². The molecule has 2 aromatic carbocycles. The van der Waals surface area contributed by atoms with Gasteiger partial charge in [0, 0.05) is 36.6 Å². The molecule has 2 heterocycles. The van der Waals surface area contributed by atoms with E-state index in [0.29, 0.717) is 35.5 Å². The number of ether oxygens (including phenoxy) is 2. The molecule has 0 fully saturated rings. The van der Waals surface area contributed by atoms with E-state index in [1.54, 1.807) is 38.6 Å². The Hall–Kier alpha value is -3.85. The fraction of sp³-hybridized carbons (Fsp3) is 0.292. The number of fused-ring (bicyclic) bond motifs is 1. The van der Waals surface area contributed by atoms with Crippen molar-refractivity contribution < 1.29 is 14.3 Å². The predicted molar refractivity (Wildman–Crippen MR) is 128 cm³/mol. The fourth-order valence-electron chi connectivity index (χ4n) is 3.56. The standard InChI is InChI=1S/C24H28N6O3/c1-4-11-25-13-16-5-7-18(8-6-16)28-23-26-14-17-15-27-24(31)30(22(17)29-23)20-10-9-19(32-2)12-21(20)33-3/h5-10,12,14,25H,4,11,13,15H2,1-3H3,(H,27,31)(H,26,28,29). The van der Waals surface area contributed by atoms with Gasteiger partial charge in [0.25, 0.3) is 0 Å². The molecule has 0 saturated carbocycles. The van der Waals surface area contributed by atoms with Crippen LogP contribution in [0, 0.1) is 0 Å². The maximum Gasteiger partial charge on any atom is 0.328 e. The fourth-order valence-corrected chi connectivity index (χ4v) is 3.56. The summed E-state index contributed by atoms with van der Waals surface area (Å²) in [5.41, 5.74) is 3.43. The van der Waals surface area contributed by atoms with Crippen molar-refractivity contribution in [1.29, 1.82) is 0 Å². The van der Waals surface area contributed by atoms with Gasteiger partial charge in [0.2, 0.25) is 5.95 Å². The van der Waals surface area contributed by atoms with Crippen LogP contribution in [0.25, 0.3) is 0 Å². The van der Waals surface area contributed by atoms with Crippen LogP contribution in [0.4, 0.5) is 27.9 Å². The SMILES string of the molecule is CCCNCc1ccc(Nc2ncc3c(n2)N(c2ccc(OC)cc2OC)C(=O)NC3)cc1. The minimum Gasteiger partial charge on any atom is -0.497 e. The Morgan fingerprint density at radius 3 is 2.67 bits per heavy atom. The number of carbonyl (C=O) groups excluding carboxylic acids is 1. The Labute approximate surface area is 193 Å². The third-order valence-corrected chi connectivity index (χ3v) is 5.28. The number of hydrogen-bond donors (Lipinski definition) is 3. The molecule has 0 radical (unpaired) electrons. The van der Waals surface area contributed by atoms with Crippen LogP contribution in [0.5, 0.6) is 11.5 Å². The molecule has 0 spiro atoms. The summed E-state index contributed by atoms with van der Waals surface area (Å²) >= 11 is 0. The predicted octanol–water partition coefficient (Wildman–Crippen LogP) is 4.10. The number of carbonyl (C=O) groups is 1. The summed E-state index contributed by atoms with van der Waals surface area (Å²) in [6.07, 6.45) is 2.82. The van der Waals surface area contributed by atoms with E-state index in [4.69, 9.17) is 9.47 Å². The minimum atomic E-state index is -0.292. The Morgan fingerprint density at radius 2 is 1.94 bits per heavy atom. The molecular formula is C24H28N6O3. The number of nitrogens with zero attached hydrogens (tertiary/aromatic N) is 3. The summed E-state index contributed by atoms with van der Waals surface area (Å²) in [5, 5.41) is 9.48. The van der Waals surface area contributed by atoms with E-state index in [1.807, 2.05) is 12.1 Å². The van der Waals surface area contributed by atoms with Gasteiger partial charge in [-0.2, -0.15) is 4.98 Å². The van der Waals surface area contributed by atoms with E-state index in [0.717, 1.165) is 30.8 Å². The molecule has 9 nitrogen and oxygen atoms in total. The zero-order valence-corrected chi connectivity index (χ0v) is 19.0. The van der Waals surface area contributed by atoms with Crippen molar-refractivity contribution >= 4 is 29.2 Å². The van der Waals surface area contributed by atoms with Crippen LogP contribution in [-0.2, 0) is 13.1 Å². The quantitative estimate of drug-likeness (QED) is 0.424. The van der Waals surface area contributed by atoms with Gasteiger partial charge in [-0.25, -0.2) is 14.7 Å². The summed E-state index contributed by atoms with van der Waals surface area (Å²) in [6, 6.07) is 13.1. The lowest BCUT2D eigenvalue weighted by molar-refractivity contribution is 0.246. The number of anilines is 4. The van der Waals surface area contributed by atoms with Crippen LogP contribution in [-0.4, -0.2) is 36.8 Å². The number of methoxy groups -OCH3 is 2. The second-order valence-electron chi connectivity index (χ2n) is 7.57. The summed E-state index contributed by atoms with van der Waals surface area (Å²) in [4.78, 5) is 23.4. The molecule has 0 aliphatic carbocycles. The number of benzene rings is 2. The van der Waals surface area contributed by atoms with Crippen molar-refractivity contribution in [2.45, 2.75) is 26.4 Å². The van der Waals surface area contributed by atoms with E-state index >= 15 is 0 Å². The van der Waals surface area contributed by atoms with Gasteiger partial charge in [0.05, 0.1) is 19.9 Å². The first-order chi connectivity index (χ1) is 16.1. The molecule has 0 unspecified atom stereocenters. The normalized spacial score (nSPS) is 12.7. The Kier molecular flexibility index (Phi) is 6.89. The van der Waals surface area contributed by atoms with Crippen LogP contribution in [0.15, 0.2) is 48.7 Å². The Balaban J connectivity index is 1.60. The van der Waals surface area contributed by atoms with Crippen LogP contribution in [0.3, 0.4) is 0 Å². The van der Waals surface area contributed by atoms with Crippen molar-refractivity contribution in [3.63, 3.8) is 0 Å². The third kappa shape index (κ3) is 4.98. The first-order valence-corrected chi connectivity index (χ1v) is 10.9. The molecule has 4 rings (SSSR count). The van der Waals surface area contributed by atoms with E-state index < -0.39 is 0 Å². The molecule has 3 N–H and O–H groups in total. The van der Waals surface area contributed by atoms with Crippen molar-refractivity contribution in [2.24, 2.45) is 0 Å². The maximum absolute atomic E-state index is 12.8. The molecule has 33 heavy (non-hydrogen) atoms. The van der Waals surface area contributed by atoms with Crippen molar-refractivity contribution in [1.82, 2.24) is 20.6 Å². The molecule has 1 aliphatic heterocycles. The van der Waals surface area contributed by atoms with Gasteiger partial charge in [-0.05, 0) is 42.8 Å². The smallest absolute Gasteiger partial charge is 0.328 e. The average Bonchev–Trinajstić information content (AvgIpc) is 2.85. The largest absolute Gasteiger partial charge is 0.497 e. The van der Waals surface area contributed by atoms with Crippen molar-refractivity contribution in [3.8, 4) is 11.5 Å². The van der Waals surface area contributed by atoms with E-state index in [-0.39, 0.29) is 6.03 Å². The van der Waals surface area contributed by atoms with E-state index in [1.165, 1.54) is 10.5 Å². The number of nitrogens with one attached hydrogen (secondary N) is 3. The summed E-state index contributed by atoms with van der Waals surface area (Å²) in [5.74, 6) is 2.03. The Bertz CT molecular complexity index is 1120. The topological polar surface area (TPSA) is 101 Å². The van der Waals surface area contributed by atoms with Gasteiger partial charge >= 0.3 is 6.03 Å². The highest BCUT2D eigenvalue weighted by Gasteiger charge is 2.30. The molecule has 2 amide bonds. The third-order valence-electron chi connectivity index (χ3n) is 5.28. The van der Waals surface area contributed by atoms with Gasteiger partial charge in [-0.3, -0.25) is 0 Å². The molecule has 9 heteroatoms. The van der Waals surface area contributed by atoms with Gasteiger partial charge < -0.3 is 25.4 Å². The second-order valence-corrected chi connectivity index (χ2v) is 7.57. The van der Waals surface area contributed by atoms with Crippen LogP contribution < -0.4 is 30.3 Å². The molecule has 3 aromatic rings. The molecule has 1 aromatic heterocycles. The second kappa shape index (κ2) is 10.2. The molecule has 0 saturated heterocycles. The lowest BCUT2D eigenvalue weighted by Gasteiger charge is -2.30. The van der Waals surface area contributed by atoms with Crippen LogP contribution >= 0.6 is 0 Å². The number of amides is 2. The first-order valence-electron chi connectivity index (χ1n) is 10.9. The average molecular weight is 449 g/mol. The van der Waals surface area contributed by atoms with Crippen LogP contribution in [0.1, 0.15) is 24.5 Å². The highest BCUT2D eigenvalue weighted by Crippen LogP contribution is 2.38. The Morgan fingerprint density at radius 1 is 1.12 bits per heavy atom. The molecular weight excluding hydrogens is 420 g/mol. The lowest BCUT2D eigenvalue weighted by Crippen LogP contribution is -2.42. The summed E-state index contributed by atoms with van der Waals surface area (Å²) in [6.45, 7) is 4.32. The summed E-state index contributed by atoms with van der Waals surface area (Å²) in [7, 11) is 3.13. The molecule has 1 aliphatic rings. The highest BCUT2D eigenvalue weighted by atomic mass is 16.5.